The molecule has 1 heterocycles. The van der Waals surface area contributed by atoms with Gasteiger partial charge in [0.15, 0.2) is 11.8 Å². The molecular weight excluding hydrogens is 559 g/mol. The molecule has 1 atom stereocenters. The molecule has 1 aliphatic heterocycles. The van der Waals surface area contributed by atoms with Crippen molar-refractivity contribution in [3.8, 4) is 5.75 Å². The molecule has 1 unspecified atom stereocenters. The van der Waals surface area contributed by atoms with Crippen molar-refractivity contribution in [3.05, 3.63) is 70.7 Å². The van der Waals surface area contributed by atoms with Crippen LogP contribution in [-0.4, -0.2) is 71.2 Å². The molecular formula is C24H21ClN6NaO6S. The van der Waals surface area contributed by atoms with Crippen LogP contribution in [-0.2, 0) is 14.9 Å². The number of hydrogen-bond acceptors (Lipinski definition) is 9. The maximum absolute atomic E-state index is 13.0. The number of phenolic OH excluding ortho intramolecular Hbond substituents is 1. The van der Waals surface area contributed by atoms with E-state index in [1.165, 1.54) is 0 Å². The van der Waals surface area contributed by atoms with E-state index in [9.17, 15) is 27.7 Å². The minimum Gasteiger partial charge on any atom is -0.504 e. The number of aryl methyl sites for hydroxylation is 1. The number of carbonyl (C=O) groups is 2. The van der Waals surface area contributed by atoms with Crippen LogP contribution in [0.2, 0.25) is 5.02 Å². The van der Waals surface area contributed by atoms with Crippen molar-refractivity contribution < 1.29 is 27.7 Å². The molecule has 4 rings (SSSR count). The first-order valence-corrected chi connectivity index (χ1v) is 12.7. The van der Waals surface area contributed by atoms with Crippen molar-refractivity contribution in [1.29, 1.82) is 0 Å². The number of phenols is 1. The molecule has 1 aliphatic rings. The second-order valence-electron chi connectivity index (χ2n) is 8.33. The van der Waals surface area contributed by atoms with Crippen LogP contribution in [0.3, 0.4) is 0 Å². The van der Waals surface area contributed by atoms with Gasteiger partial charge in [-0.15, -0.1) is 0 Å². The molecule has 197 valence electrons. The molecule has 2 amide bonds. The number of anilines is 3. The molecule has 15 heteroatoms. The van der Waals surface area contributed by atoms with E-state index in [4.69, 9.17) is 17.3 Å². The van der Waals surface area contributed by atoms with E-state index in [0.29, 0.717) is 22.6 Å². The number of carbonyl (C=O) groups excluding carboxylic acids is 2. The van der Waals surface area contributed by atoms with Gasteiger partial charge in [-0.25, -0.2) is 0 Å². The van der Waals surface area contributed by atoms with Crippen molar-refractivity contribution in [2.75, 3.05) is 16.1 Å². The quantitative estimate of drug-likeness (QED) is 0.147. The largest absolute Gasteiger partial charge is 0.504 e. The van der Waals surface area contributed by atoms with Gasteiger partial charge in [0.25, 0.3) is 21.9 Å². The summed E-state index contributed by atoms with van der Waals surface area (Å²) in [6.07, 6.45) is 0. The summed E-state index contributed by atoms with van der Waals surface area (Å²) in [7, 11) is -4.63. The average molecular weight is 580 g/mol. The van der Waals surface area contributed by atoms with Crippen LogP contribution >= 0.6 is 11.6 Å². The Bertz CT molecular complexity index is 1630. The molecule has 1 radical (unpaired) electrons. The summed E-state index contributed by atoms with van der Waals surface area (Å²) in [4.78, 5) is 24.9. The number of rotatable bonds is 6. The van der Waals surface area contributed by atoms with E-state index in [2.05, 4.69) is 20.6 Å². The molecule has 0 aliphatic carbocycles. The van der Waals surface area contributed by atoms with Crippen molar-refractivity contribution in [3.63, 3.8) is 0 Å². The Morgan fingerprint density at radius 3 is 2.41 bits per heavy atom. The van der Waals surface area contributed by atoms with Crippen LogP contribution in [0.1, 0.15) is 22.8 Å². The number of hydrogen-bond donors (Lipinski definition) is 4. The first kappa shape index (κ1) is 30.2. The summed E-state index contributed by atoms with van der Waals surface area (Å²) in [6.45, 7) is 3.35. The number of azo groups is 1. The van der Waals surface area contributed by atoms with Gasteiger partial charge in [0.2, 0.25) is 0 Å². The number of aromatic hydroxyl groups is 1. The summed E-state index contributed by atoms with van der Waals surface area (Å²) in [6, 6.07) is 11.9. The minimum atomic E-state index is -4.63. The summed E-state index contributed by atoms with van der Waals surface area (Å²) in [5.74, 6) is -1.46. The fourth-order valence-electron chi connectivity index (χ4n) is 3.49. The zero-order chi connectivity index (χ0) is 27.8. The molecule has 0 saturated heterocycles. The third kappa shape index (κ3) is 6.64. The molecule has 12 nitrogen and oxygen atoms in total. The fraction of sp³-hybridized carbons (Fsp3) is 0.125. The molecule has 0 saturated carbocycles. The molecule has 39 heavy (non-hydrogen) atoms. The standard InChI is InChI=1S/C24H21ClN6O6S.Na/c1-12-9-14(3-8-19(12)26)23(33)27-15-4-6-16(7-5-15)31-24(34)21(13(2)30-31)29-28-20-11-17(38(35,36)37)10-18(25)22(20)32;/h3-11,21,32H,26H2,1-2H3,(H,27,33)(H,35,36,37);. The Kier molecular flexibility index (Phi) is 9.16. The Labute approximate surface area is 250 Å². The molecule has 3 aromatic rings. The number of hydrazone groups is 1. The third-order valence-electron chi connectivity index (χ3n) is 5.59. The topological polar surface area (TPSA) is 187 Å². The van der Waals surface area contributed by atoms with Crippen LogP contribution in [0.4, 0.5) is 22.7 Å². The van der Waals surface area contributed by atoms with Crippen LogP contribution < -0.4 is 16.1 Å². The molecule has 3 aromatic carbocycles. The van der Waals surface area contributed by atoms with Gasteiger partial charge in [0.05, 0.1) is 21.3 Å². The number of benzene rings is 3. The predicted molar refractivity (Wildman–Crippen MR) is 148 cm³/mol. The Hall–Kier alpha value is -3.33. The van der Waals surface area contributed by atoms with Gasteiger partial charge in [-0.05, 0) is 74.0 Å². The number of amides is 2. The number of nitrogens with zero attached hydrogens (tertiary/aromatic N) is 4. The molecule has 0 spiro atoms. The number of nitrogens with two attached hydrogens (primary N) is 1. The monoisotopic (exact) mass is 579 g/mol. The van der Waals surface area contributed by atoms with Crippen molar-refractivity contribution >= 4 is 91.6 Å². The maximum Gasteiger partial charge on any atom is 0.294 e. The van der Waals surface area contributed by atoms with Gasteiger partial charge in [-0.1, -0.05) is 11.6 Å². The average Bonchev–Trinajstić information content (AvgIpc) is 3.14. The molecule has 0 aromatic heterocycles. The fourth-order valence-corrected chi connectivity index (χ4v) is 4.29. The van der Waals surface area contributed by atoms with Gasteiger partial charge in [0.1, 0.15) is 5.69 Å². The smallest absolute Gasteiger partial charge is 0.294 e. The van der Waals surface area contributed by atoms with Gasteiger partial charge in [-0.2, -0.15) is 28.8 Å². The first-order chi connectivity index (χ1) is 17.8. The maximum atomic E-state index is 13.0. The Balaban J connectivity index is 0.00000420. The van der Waals surface area contributed by atoms with E-state index >= 15 is 0 Å². The van der Waals surface area contributed by atoms with Gasteiger partial charge >= 0.3 is 0 Å². The van der Waals surface area contributed by atoms with E-state index < -0.39 is 32.7 Å². The minimum absolute atomic E-state index is 0. The van der Waals surface area contributed by atoms with E-state index in [1.807, 2.05) is 0 Å². The molecule has 0 bridgehead atoms. The predicted octanol–water partition coefficient (Wildman–Crippen LogP) is 3.93. The number of nitrogens with one attached hydrogen (secondary N) is 1. The van der Waals surface area contributed by atoms with Crippen LogP contribution in [0.15, 0.2) is 74.8 Å². The molecule has 5 N–H and O–H groups in total. The van der Waals surface area contributed by atoms with Crippen molar-refractivity contribution in [1.82, 2.24) is 0 Å². The SMILES string of the molecule is CC1=NN(c2ccc(NC(=O)c3ccc(N)c(C)c3)cc2)C(=O)C1N=Nc1cc(S(=O)(=O)O)cc(Cl)c1O.[Na]. The van der Waals surface area contributed by atoms with Crippen molar-refractivity contribution in [2.45, 2.75) is 24.8 Å². The van der Waals surface area contributed by atoms with Gasteiger partial charge < -0.3 is 16.2 Å². The van der Waals surface area contributed by atoms with Crippen LogP contribution in [0.5, 0.6) is 5.75 Å². The second-order valence-corrected chi connectivity index (χ2v) is 10.2. The van der Waals surface area contributed by atoms with Crippen molar-refractivity contribution in [2.24, 2.45) is 15.3 Å². The number of nitrogen functional groups attached to an aromatic ring is 1. The zero-order valence-electron chi connectivity index (χ0n) is 21.0. The Morgan fingerprint density at radius 1 is 1.13 bits per heavy atom. The first-order valence-electron chi connectivity index (χ1n) is 10.9. The summed E-state index contributed by atoms with van der Waals surface area (Å²) >= 11 is 5.82. The summed E-state index contributed by atoms with van der Waals surface area (Å²) in [5, 5.41) is 25.5. The Morgan fingerprint density at radius 2 is 1.79 bits per heavy atom. The van der Waals surface area contributed by atoms with E-state index in [1.54, 1.807) is 56.3 Å². The zero-order valence-corrected chi connectivity index (χ0v) is 24.5. The normalized spacial score (nSPS) is 15.3. The third-order valence-corrected chi connectivity index (χ3v) is 6.71. The van der Waals surface area contributed by atoms with Crippen LogP contribution in [0, 0.1) is 6.92 Å². The van der Waals surface area contributed by atoms with Gasteiger partial charge in [0, 0.05) is 46.5 Å². The van der Waals surface area contributed by atoms with E-state index in [-0.39, 0.29) is 51.9 Å². The number of halogens is 1. The molecule has 0 fully saturated rings. The van der Waals surface area contributed by atoms with E-state index in [0.717, 1.165) is 22.7 Å². The van der Waals surface area contributed by atoms with Gasteiger partial charge in [-0.3, -0.25) is 14.1 Å². The summed E-state index contributed by atoms with van der Waals surface area (Å²) in [5.41, 5.74) is 8.42. The van der Waals surface area contributed by atoms with Crippen LogP contribution in [0.25, 0.3) is 0 Å². The summed E-state index contributed by atoms with van der Waals surface area (Å²) < 4.78 is 32.1. The second kappa shape index (κ2) is 11.8.